The Kier molecular flexibility index (Phi) is 6.16. The van der Waals surface area contributed by atoms with Crippen LogP contribution in [0.3, 0.4) is 0 Å². The van der Waals surface area contributed by atoms with Crippen LogP contribution in [-0.2, 0) is 4.74 Å². The standard InChI is InChI=1S/C18H22N4O2S/c23-17-6-5-14-3-1-2-4-15(14)16(17)13-20-21-18(25)19-7-8-22-9-11-24-12-10-22/h1-6,13,23H,7-12H2,(H2,19,21,25)/p+1/b20-13+. The van der Waals surface area contributed by atoms with E-state index in [-0.39, 0.29) is 5.75 Å². The Labute approximate surface area is 152 Å². The normalized spacial score (nSPS) is 15.5. The number of hydrogen-bond acceptors (Lipinski definition) is 4. The quantitative estimate of drug-likeness (QED) is 0.350. The van der Waals surface area contributed by atoms with E-state index in [0.717, 1.165) is 50.2 Å². The van der Waals surface area contributed by atoms with Crippen molar-refractivity contribution in [2.75, 3.05) is 39.4 Å². The Bertz CT molecular complexity index is 760. The van der Waals surface area contributed by atoms with Gasteiger partial charge in [0.15, 0.2) is 5.11 Å². The predicted octanol–water partition coefficient (Wildman–Crippen LogP) is 0.259. The first-order valence-corrected chi connectivity index (χ1v) is 8.84. The molecule has 0 saturated carbocycles. The number of thiocarbonyl (C=S) groups is 1. The van der Waals surface area contributed by atoms with E-state index in [1.165, 1.54) is 4.90 Å². The van der Waals surface area contributed by atoms with Crippen LogP contribution in [0, 0.1) is 0 Å². The molecule has 0 aliphatic carbocycles. The highest BCUT2D eigenvalue weighted by Crippen LogP contribution is 2.25. The number of hydrazone groups is 1. The maximum atomic E-state index is 10.1. The number of phenols is 1. The summed E-state index contributed by atoms with van der Waals surface area (Å²) in [7, 11) is 0. The lowest BCUT2D eigenvalue weighted by atomic mass is 10.0. The molecule has 0 atom stereocenters. The van der Waals surface area contributed by atoms with Crippen molar-refractivity contribution in [2.45, 2.75) is 0 Å². The van der Waals surface area contributed by atoms with E-state index in [9.17, 15) is 5.11 Å². The van der Waals surface area contributed by atoms with Gasteiger partial charge in [-0.25, -0.2) is 0 Å². The first-order valence-electron chi connectivity index (χ1n) is 8.43. The van der Waals surface area contributed by atoms with Gasteiger partial charge in [0.1, 0.15) is 18.8 Å². The summed E-state index contributed by atoms with van der Waals surface area (Å²) >= 11 is 5.23. The lowest BCUT2D eigenvalue weighted by molar-refractivity contribution is -0.906. The lowest BCUT2D eigenvalue weighted by Crippen LogP contribution is -3.14. The zero-order valence-corrected chi connectivity index (χ0v) is 14.8. The van der Waals surface area contributed by atoms with Gasteiger partial charge in [-0.1, -0.05) is 30.3 Å². The van der Waals surface area contributed by atoms with Crippen LogP contribution in [0.15, 0.2) is 41.5 Å². The van der Waals surface area contributed by atoms with Gasteiger partial charge in [-0.2, -0.15) is 5.10 Å². The molecule has 2 aromatic carbocycles. The van der Waals surface area contributed by atoms with Gasteiger partial charge >= 0.3 is 0 Å². The van der Waals surface area contributed by atoms with Gasteiger partial charge in [-0.05, 0) is 29.1 Å². The number of quaternary nitrogens is 1. The van der Waals surface area contributed by atoms with Crippen molar-refractivity contribution in [1.82, 2.24) is 10.7 Å². The van der Waals surface area contributed by atoms with Gasteiger partial charge in [0.05, 0.1) is 32.5 Å². The molecule has 1 heterocycles. The minimum atomic E-state index is 0.194. The number of nitrogens with one attached hydrogen (secondary N) is 3. The number of benzene rings is 2. The Morgan fingerprint density at radius 3 is 2.88 bits per heavy atom. The molecule has 1 aliphatic rings. The van der Waals surface area contributed by atoms with Crippen molar-refractivity contribution in [3.8, 4) is 5.75 Å². The first kappa shape index (κ1) is 17.6. The summed E-state index contributed by atoms with van der Waals surface area (Å²) in [6.07, 6.45) is 1.60. The van der Waals surface area contributed by atoms with E-state index >= 15 is 0 Å². The van der Waals surface area contributed by atoms with Crippen LogP contribution >= 0.6 is 12.2 Å². The second-order valence-corrected chi connectivity index (χ2v) is 6.37. The highest BCUT2D eigenvalue weighted by Gasteiger charge is 2.12. The van der Waals surface area contributed by atoms with Gasteiger partial charge < -0.3 is 20.1 Å². The second kappa shape index (κ2) is 8.75. The molecule has 0 aromatic heterocycles. The molecule has 2 aromatic rings. The number of nitrogens with zero attached hydrogens (tertiary/aromatic N) is 1. The highest BCUT2D eigenvalue weighted by atomic mass is 32.1. The number of fused-ring (bicyclic) bond motifs is 1. The molecule has 4 N–H and O–H groups in total. The molecular formula is C18H23N4O2S+. The Morgan fingerprint density at radius 1 is 1.24 bits per heavy atom. The summed E-state index contributed by atoms with van der Waals surface area (Å²) in [5.74, 6) is 0.194. The average molecular weight is 359 g/mol. The van der Waals surface area contributed by atoms with E-state index in [2.05, 4.69) is 15.8 Å². The molecule has 0 spiro atoms. The zero-order chi connectivity index (χ0) is 17.5. The Balaban J connectivity index is 1.51. The lowest BCUT2D eigenvalue weighted by Gasteiger charge is -2.23. The van der Waals surface area contributed by atoms with E-state index in [0.29, 0.717) is 10.7 Å². The van der Waals surface area contributed by atoms with Crippen LogP contribution < -0.4 is 15.6 Å². The molecule has 7 heteroatoms. The van der Waals surface area contributed by atoms with Gasteiger partial charge in [-0.3, -0.25) is 5.43 Å². The van der Waals surface area contributed by atoms with E-state index in [1.807, 2.05) is 30.3 Å². The zero-order valence-electron chi connectivity index (χ0n) is 14.0. The summed E-state index contributed by atoms with van der Waals surface area (Å²) in [5.41, 5.74) is 3.48. The van der Waals surface area contributed by atoms with E-state index < -0.39 is 0 Å². The summed E-state index contributed by atoms with van der Waals surface area (Å²) < 4.78 is 5.34. The largest absolute Gasteiger partial charge is 0.507 e. The van der Waals surface area contributed by atoms with Gasteiger partial charge in [0, 0.05) is 5.56 Å². The average Bonchev–Trinajstić information content (AvgIpc) is 2.64. The smallest absolute Gasteiger partial charge is 0.187 e. The fourth-order valence-corrected chi connectivity index (χ4v) is 3.03. The van der Waals surface area contributed by atoms with Crippen LogP contribution in [0.5, 0.6) is 5.75 Å². The number of aromatic hydroxyl groups is 1. The highest BCUT2D eigenvalue weighted by molar-refractivity contribution is 7.80. The molecule has 0 bridgehead atoms. The maximum Gasteiger partial charge on any atom is 0.187 e. The van der Waals surface area contributed by atoms with Gasteiger partial charge in [-0.15, -0.1) is 0 Å². The molecule has 132 valence electrons. The number of rotatable bonds is 5. The van der Waals surface area contributed by atoms with Crippen molar-refractivity contribution in [3.05, 3.63) is 42.0 Å². The molecular weight excluding hydrogens is 336 g/mol. The minimum absolute atomic E-state index is 0.194. The summed E-state index contributed by atoms with van der Waals surface area (Å²) in [6.45, 7) is 5.53. The van der Waals surface area contributed by atoms with Crippen LogP contribution in [0.1, 0.15) is 5.56 Å². The molecule has 0 radical (unpaired) electrons. The van der Waals surface area contributed by atoms with E-state index in [4.69, 9.17) is 17.0 Å². The molecule has 1 fully saturated rings. The van der Waals surface area contributed by atoms with Crippen LogP contribution in [0.4, 0.5) is 0 Å². The fraction of sp³-hybridized carbons (Fsp3) is 0.333. The van der Waals surface area contributed by atoms with Crippen LogP contribution in [0.25, 0.3) is 10.8 Å². The third-order valence-corrected chi connectivity index (χ3v) is 4.51. The number of ether oxygens (including phenoxy) is 1. The van der Waals surface area contributed by atoms with Gasteiger partial charge in [0.25, 0.3) is 0 Å². The Hall–Kier alpha value is -2.22. The third kappa shape index (κ3) is 4.88. The second-order valence-electron chi connectivity index (χ2n) is 5.96. The predicted molar refractivity (Wildman–Crippen MR) is 103 cm³/mol. The topological polar surface area (TPSA) is 70.3 Å². The third-order valence-electron chi connectivity index (χ3n) is 4.27. The fourth-order valence-electron chi connectivity index (χ4n) is 2.88. The molecule has 6 nitrogen and oxygen atoms in total. The van der Waals surface area contributed by atoms with Crippen LogP contribution in [-0.4, -0.2) is 55.8 Å². The van der Waals surface area contributed by atoms with Crippen molar-refractivity contribution in [3.63, 3.8) is 0 Å². The van der Waals surface area contributed by atoms with Crippen molar-refractivity contribution < 1.29 is 14.7 Å². The molecule has 1 saturated heterocycles. The summed E-state index contributed by atoms with van der Waals surface area (Å²) in [5, 5.41) is 19.9. The molecule has 0 unspecified atom stereocenters. The van der Waals surface area contributed by atoms with Crippen molar-refractivity contribution in [2.24, 2.45) is 5.10 Å². The molecule has 1 aliphatic heterocycles. The van der Waals surface area contributed by atoms with E-state index in [1.54, 1.807) is 12.3 Å². The summed E-state index contributed by atoms with van der Waals surface area (Å²) in [6, 6.07) is 11.4. The van der Waals surface area contributed by atoms with Crippen molar-refractivity contribution in [1.29, 1.82) is 0 Å². The molecule has 0 amide bonds. The van der Waals surface area contributed by atoms with Gasteiger partial charge in [0.2, 0.25) is 0 Å². The number of phenolic OH excluding ortho intramolecular Hbond substituents is 1. The molecule has 25 heavy (non-hydrogen) atoms. The summed E-state index contributed by atoms with van der Waals surface area (Å²) in [4.78, 5) is 1.52. The Morgan fingerprint density at radius 2 is 2.04 bits per heavy atom. The maximum absolute atomic E-state index is 10.1. The number of morpholine rings is 1. The number of hydrogen-bond donors (Lipinski definition) is 4. The molecule has 3 rings (SSSR count). The van der Waals surface area contributed by atoms with Crippen LogP contribution in [0.2, 0.25) is 0 Å². The SMILES string of the molecule is Oc1ccc2ccccc2c1/C=N/NC(=S)NCC[NH+]1CCOCC1. The minimum Gasteiger partial charge on any atom is -0.507 e. The monoisotopic (exact) mass is 359 g/mol. The first-order chi connectivity index (χ1) is 12.2. The van der Waals surface area contributed by atoms with Crippen molar-refractivity contribution >= 4 is 34.3 Å².